The lowest BCUT2D eigenvalue weighted by atomic mass is 10.2. The number of alkyl halides is 3. The number of anilines is 1. The van der Waals surface area contributed by atoms with Crippen LogP contribution in [0.2, 0.25) is 5.02 Å². The summed E-state index contributed by atoms with van der Waals surface area (Å²) in [6, 6.07) is 7.11. The number of halogens is 4. The first-order chi connectivity index (χ1) is 12.0. The number of rotatable bonds is 6. The summed E-state index contributed by atoms with van der Waals surface area (Å²) in [5.41, 5.74) is 3.67. The summed E-state index contributed by atoms with van der Waals surface area (Å²) in [7, 11) is -4.20. The quantitative estimate of drug-likeness (QED) is 0.767. The summed E-state index contributed by atoms with van der Waals surface area (Å²) in [6.07, 6.45) is -4.61. The Kier molecular flexibility index (Phi) is 5.67. The van der Waals surface area contributed by atoms with Gasteiger partial charge < -0.3 is 10.5 Å². The Morgan fingerprint density at radius 3 is 2.46 bits per heavy atom. The van der Waals surface area contributed by atoms with Crippen LogP contribution in [-0.2, 0) is 21.0 Å². The van der Waals surface area contributed by atoms with E-state index in [1.54, 1.807) is 0 Å². The zero-order valence-corrected chi connectivity index (χ0v) is 14.5. The normalized spacial score (nSPS) is 11.8. The fourth-order valence-corrected chi connectivity index (χ4v) is 3.26. The van der Waals surface area contributed by atoms with Gasteiger partial charge in [-0.1, -0.05) is 17.7 Å². The summed E-state index contributed by atoms with van der Waals surface area (Å²) >= 11 is 5.89. The molecule has 0 atom stereocenters. The molecule has 2 aromatic rings. The van der Waals surface area contributed by atoms with E-state index in [4.69, 9.17) is 22.1 Å². The Morgan fingerprint density at radius 1 is 1.19 bits per heavy atom. The Hall–Kier alpha value is -2.46. The lowest BCUT2D eigenvalue weighted by Gasteiger charge is -2.12. The molecule has 2 aromatic carbocycles. The summed E-state index contributed by atoms with van der Waals surface area (Å²) in [4.78, 5) is 10.4. The number of amides is 1. The Labute approximate surface area is 151 Å². The van der Waals surface area contributed by atoms with E-state index in [-0.39, 0.29) is 21.4 Å². The number of nitrogens with two attached hydrogens (primary N) is 1. The number of benzene rings is 2. The highest BCUT2D eigenvalue weighted by Crippen LogP contribution is 2.32. The molecule has 0 aliphatic rings. The number of carbonyl (C=O) groups is 1. The molecule has 140 valence electrons. The summed E-state index contributed by atoms with van der Waals surface area (Å²) in [5.74, 6) is -0.715. The van der Waals surface area contributed by atoms with Crippen LogP contribution in [0.3, 0.4) is 0 Å². The standard InChI is InChI=1S/C15H12ClF3N2O4S/c16-12-7-11(4-5-13(12)25-8-14(20)22)26(23,24)21-10-3-1-2-9(6-10)15(17,18)19/h1-7,21H,8H2,(H2,20,22). The molecule has 0 aliphatic carbocycles. The molecule has 0 heterocycles. The van der Waals surface area contributed by atoms with Crippen molar-refractivity contribution in [2.24, 2.45) is 5.73 Å². The van der Waals surface area contributed by atoms with E-state index in [0.717, 1.165) is 24.3 Å². The van der Waals surface area contributed by atoms with Crippen LogP contribution in [0.4, 0.5) is 18.9 Å². The SMILES string of the molecule is NC(=O)COc1ccc(S(=O)(=O)Nc2cccc(C(F)(F)F)c2)cc1Cl. The molecule has 0 fully saturated rings. The third-order valence-corrected chi connectivity index (χ3v) is 4.70. The van der Waals surface area contributed by atoms with Crippen LogP contribution in [0.25, 0.3) is 0 Å². The Morgan fingerprint density at radius 2 is 1.88 bits per heavy atom. The highest BCUT2D eigenvalue weighted by atomic mass is 35.5. The fraction of sp³-hybridized carbons (Fsp3) is 0.133. The van der Waals surface area contributed by atoms with E-state index < -0.39 is 34.3 Å². The van der Waals surface area contributed by atoms with E-state index in [2.05, 4.69) is 0 Å². The van der Waals surface area contributed by atoms with Crippen molar-refractivity contribution >= 4 is 33.2 Å². The average molecular weight is 409 g/mol. The van der Waals surface area contributed by atoms with E-state index in [1.807, 2.05) is 4.72 Å². The molecule has 3 N–H and O–H groups in total. The van der Waals surface area contributed by atoms with Crippen LogP contribution in [0.1, 0.15) is 5.56 Å². The first-order valence-electron chi connectivity index (χ1n) is 6.90. The van der Waals surface area contributed by atoms with Crippen LogP contribution >= 0.6 is 11.6 Å². The van der Waals surface area contributed by atoms with Crippen LogP contribution in [0.5, 0.6) is 5.75 Å². The molecular weight excluding hydrogens is 397 g/mol. The third-order valence-electron chi connectivity index (χ3n) is 3.03. The maximum Gasteiger partial charge on any atom is 0.416 e. The van der Waals surface area contributed by atoms with Gasteiger partial charge in [-0.15, -0.1) is 0 Å². The van der Waals surface area contributed by atoms with E-state index in [0.29, 0.717) is 6.07 Å². The molecule has 0 aromatic heterocycles. The topological polar surface area (TPSA) is 98.5 Å². The van der Waals surface area contributed by atoms with Crippen LogP contribution in [0, 0.1) is 0 Å². The molecule has 11 heteroatoms. The second kappa shape index (κ2) is 7.42. The minimum Gasteiger partial charge on any atom is -0.482 e. The molecule has 0 spiro atoms. The molecule has 0 aliphatic heterocycles. The Bertz CT molecular complexity index is 933. The number of sulfonamides is 1. The summed E-state index contributed by atoms with van der Waals surface area (Å²) in [6.45, 7) is -0.450. The van der Waals surface area contributed by atoms with Crippen molar-refractivity contribution < 1.29 is 31.1 Å². The first-order valence-corrected chi connectivity index (χ1v) is 8.76. The van der Waals surface area contributed by atoms with Crippen molar-refractivity contribution in [3.8, 4) is 5.75 Å². The number of hydrogen-bond acceptors (Lipinski definition) is 4. The maximum absolute atomic E-state index is 12.7. The molecule has 0 bridgehead atoms. The smallest absolute Gasteiger partial charge is 0.416 e. The number of ether oxygens (including phenoxy) is 1. The van der Waals surface area contributed by atoms with Crippen LogP contribution in [-0.4, -0.2) is 20.9 Å². The molecule has 1 amide bonds. The third kappa shape index (κ3) is 5.02. The van der Waals surface area contributed by atoms with Crippen LogP contribution < -0.4 is 15.2 Å². The largest absolute Gasteiger partial charge is 0.482 e. The summed E-state index contributed by atoms with van der Waals surface area (Å²) < 4.78 is 69.8. The van der Waals surface area contributed by atoms with Crippen molar-refractivity contribution in [3.05, 3.63) is 53.1 Å². The van der Waals surface area contributed by atoms with Crippen molar-refractivity contribution in [2.75, 3.05) is 11.3 Å². The average Bonchev–Trinajstić information content (AvgIpc) is 2.52. The van der Waals surface area contributed by atoms with Gasteiger partial charge in [-0.05, 0) is 36.4 Å². The fourth-order valence-electron chi connectivity index (χ4n) is 1.89. The number of nitrogens with one attached hydrogen (secondary N) is 1. The highest BCUT2D eigenvalue weighted by molar-refractivity contribution is 7.92. The predicted octanol–water partition coefficient (Wildman–Crippen LogP) is 3.02. The van der Waals surface area contributed by atoms with Gasteiger partial charge in [0.05, 0.1) is 15.5 Å². The molecule has 26 heavy (non-hydrogen) atoms. The highest BCUT2D eigenvalue weighted by Gasteiger charge is 2.30. The molecule has 0 unspecified atom stereocenters. The number of primary amides is 1. The van der Waals surface area contributed by atoms with Gasteiger partial charge in [-0.2, -0.15) is 13.2 Å². The van der Waals surface area contributed by atoms with Crippen molar-refractivity contribution in [1.29, 1.82) is 0 Å². The maximum atomic E-state index is 12.7. The van der Waals surface area contributed by atoms with Gasteiger partial charge in [0.15, 0.2) is 6.61 Å². The van der Waals surface area contributed by atoms with E-state index in [1.165, 1.54) is 12.1 Å². The van der Waals surface area contributed by atoms with Gasteiger partial charge >= 0.3 is 6.18 Å². The van der Waals surface area contributed by atoms with E-state index >= 15 is 0 Å². The zero-order valence-electron chi connectivity index (χ0n) is 12.9. The van der Waals surface area contributed by atoms with Crippen LogP contribution in [0.15, 0.2) is 47.4 Å². The van der Waals surface area contributed by atoms with Gasteiger partial charge in [0.1, 0.15) is 5.75 Å². The van der Waals surface area contributed by atoms with Crippen molar-refractivity contribution in [2.45, 2.75) is 11.1 Å². The predicted molar refractivity (Wildman–Crippen MR) is 88.4 cm³/mol. The monoisotopic (exact) mass is 408 g/mol. The van der Waals surface area contributed by atoms with Gasteiger partial charge in [-0.25, -0.2) is 8.42 Å². The summed E-state index contributed by atoms with van der Waals surface area (Å²) in [5, 5.41) is -0.113. The zero-order chi connectivity index (χ0) is 19.5. The molecule has 6 nitrogen and oxygen atoms in total. The number of hydrogen-bond donors (Lipinski definition) is 2. The molecule has 0 radical (unpaired) electrons. The second-order valence-electron chi connectivity index (χ2n) is 5.03. The van der Waals surface area contributed by atoms with Crippen molar-refractivity contribution in [3.63, 3.8) is 0 Å². The van der Waals surface area contributed by atoms with E-state index in [9.17, 15) is 26.4 Å². The van der Waals surface area contributed by atoms with Gasteiger partial charge in [0.2, 0.25) is 0 Å². The second-order valence-corrected chi connectivity index (χ2v) is 7.12. The lowest BCUT2D eigenvalue weighted by molar-refractivity contribution is -0.137. The molecule has 0 saturated carbocycles. The lowest BCUT2D eigenvalue weighted by Crippen LogP contribution is -2.20. The first kappa shape index (κ1) is 19.9. The minimum atomic E-state index is -4.61. The minimum absolute atomic E-state index is 0.0310. The molecule has 0 saturated heterocycles. The van der Waals surface area contributed by atoms with Gasteiger partial charge in [0, 0.05) is 5.69 Å². The number of carbonyl (C=O) groups excluding carboxylic acids is 1. The van der Waals surface area contributed by atoms with Gasteiger partial charge in [-0.3, -0.25) is 9.52 Å². The van der Waals surface area contributed by atoms with Gasteiger partial charge in [0.25, 0.3) is 15.9 Å². The Balaban J connectivity index is 2.25. The molecule has 2 rings (SSSR count). The van der Waals surface area contributed by atoms with Crippen molar-refractivity contribution in [1.82, 2.24) is 0 Å². The molecular formula is C15H12ClF3N2O4S.